The number of benzene rings is 1. The average molecular weight is 224 g/mol. The quantitative estimate of drug-likeness (QED) is 0.769. The third kappa shape index (κ3) is 3.55. The maximum atomic E-state index is 11.1. The molecule has 0 saturated heterocycles. The van der Waals surface area contributed by atoms with Crippen LogP contribution in [-0.4, -0.2) is 17.7 Å². The van der Waals surface area contributed by atoms with Gasteiger partial charge in [0, 0.05) is 11.3 Å². The minimum absolute atomic E-state index is 0.294. The molecule has 15 heavy (non-hydrogen) atoms. The zero-order chi connectivity index (χ0) is 11.3. The van der Waals surface area contributed by atoms with Crippen LogP contribution in [0.2, 0.25) is 0 Å². The molecule has 1 amide bonds. The number of thiocarbonyl (C=S) groups is 1. The second-order valence-electron chi connectivity index (χ2n) is 2.79. The molecule has 0 bridgehead atoms. The Morgan fingerprint density at radius 1 is 1.60 bits per heavy atom. The number of nitrogens with one attached hydrogen (secondary N) is 1. The lowest BCUT2D eigenvalue weighted by Crippen LogP contribution is -2.14. The highest BCUT2D eigenvalue weighted by Crippen LogP contribution is 2.10. The fourth-order valence-electron chi connectivity index (χ4n) is 1.04. The molecule has 0 fully saturated rings. The molecule has 5 heteroatoms. The van der Waals surface area contributed by atoms with Gasteiger partial charge in [-0.2, -0.15) is 0 Å². The fraction of sp³-hybridized carbons (Fsp3) is 0.200. The van der Waals surface area contributed by atoms with Gasteiger partial charge in [0.2, 0.25) is 0 Å². The summed E-state index contributed by atoms with van der Waals surface area (Å²) in [6.45, 7) is 2.08. The standard InChI is InChI=1S/C10H12N2O2S/c1-2-14-10(13)12-8-5-3-4-7(6-8)9(11)15/h3-6H,2H2,1H3,(H2,11,15)(H,12,13). The van der Waals surface area contributed by atoms with Gasteiger partial charge >= 0.3 is 6.09 Å². The van der Waals surface area contributed by atoms with Crippen LogP contribution in [0.25, 0.3) is 0 Å². The maximum absolute atomic E-state index is 11.1. The van der Waals surface area contributed by atoms with Gasteiger partial charge in [-0.25, -0.2) is 4.79 Å². The molecular formula is C10H12N2O2S. The van der Waals surface area contributed by atoms with Gasteiger partial charge in [0.1, 0.15) is 4.99 Å². The summed E-state index contributed by atoms with van der Waals surface area (Å²) in [6, 6.07) is 6.96. The molecule has 0 aromatic heterocycles. The second-order valence-corrected chi connectivity index (χ2v) is 3.23. The highest BCUT2D eigenvalue weighted by Gasteiger charge is 2.03. The van der Waals surface area contributed by atoms with Crippen molar-refractivity contribution in [2.24, 2.45) is 5.73 Å². The highest BCUT2D eigenvalue weighted by atomic mass is 32.1. The molecule has 3 N–H and O–H groups in total. The Morgan fingerprint density at radius 2 is 2.33 bits per heavy atom. The minimum atomic E-state index is -0.488. The predicted molar refractivity (Wildman–Crippen MR) is 63.0 cm³/mol. The summed E-state index contributed by atoms with van der Waals surface area (Å²) in [5, 5.41) is 2.56. The fourth-order valence-corrected chi connectivity index (χ4v) is 1.16. The Hall–Kier alpha value is -1.62. The number of carbonyl (C=O) groups excluding carboxylic acids is 1. The van der Waals surface area contributed by atoms with Crippen LogP contribution in [0.1, 0.15) is 12.5 Å². The molecule has 0 aliphatic carbocycles. The molecule has 1 rings (SSSR count). The summed E-state index contributed by atoms with van der Waals surface area (Å²) < 4.78 is 4.73. The van der Waals surface area contributed by atoms with Crippen molar-refractivity contribution in [1.82, 2.24) is 0 Å². The van der Waals surface area contributed by atoms with Crippen LogP contribution in [0.5, 0.6) is 0 Å². The molecule has 0 atom stereocenters. The van der Waals surface area contributed by atoms with Gasteiger partial charge in [0.05, 0.1) is 6.61 Å². The van der Waals surface area contributed by atoms with Crippen LogP contribution in [0.3, 0.4) is 0 Å². The van der Waals surface area contributed by atoms with Crippen molar-refractivity contribution >= 4 is 29.0 Å². The zero-order valence-corrected chi connectivity index (χ0v) is 9.14. The largest absolute Gasteiger partial charge is 0.450 e. The van der Waals surface area contributed by atoms with Crippen LogP contribution in [0, 0.1) is 0 Å². The maximum Gasteiger partial charge on any atom is 0.411 e. The molecule has 4 nitrogen and oxygen atoms in total. The molecule has 0 spiro atoms. The van der Waals surface area contributed by atoms with Crippen molar-refractivity contribution in [1.29, 1.82) is 0 Å². The van der Waals surface area contributed by atoms with Gasteiger partial charge in [-0.3, -0.25) is 5.32 Å². The summed E-state index contributed by atoms with van der Waals surface area (Å²) >= 11 is 4.82. The number of amides is 1. The van der Waals surface area contributed by atoms with Gasteiger partial charge < -0.3 is 10.5 Å². The highest BCUT2D eigenvalue weighted by molar-refractivity contribution is 7.80. The molecule has 0 heterocycles. The van der Waals surface area contributed by atoms with Crippen molar-refractivity contribution < 1.29 is 9.53 Å². The van der Waals surface area contributed by atoms with Gasteiger partial charge in [-0.05, 0) is 19.1 Å². The Morgan fingerprint density at radius 3 is 2.93 bits per heavy atom. The van der Waals surface area contributed by atoms with E-state index in [-0.39, 0.29) is 0 Å². The number of anilines is 1. The van der Waals surface area contributed by atoms with Crippen molar-refractivity contribution in [2.45, 2.75) is 6.92 Å². The second kappa shape index (κ2) is 5.31. The first-order valence-corrected chi connectivity index (χ1v) is 4.88. The van der Waals surface area contributed by atoms with Crippen molar-refractivity contribution in [3.05, 3.63) is 29.8 Å². The van der Waals surface area contributed by atoms with E-state index < -0.39 is 6.09 Å². The van der Waals surface area contributed by atoms with E-state index in [0.717, 1.165) is 0 Å². The van der Waals surface area contributed by atoms with Crippen LogP contribution >= 0.6 is 12.2 Å². The molecule has 0 unspecified atom stereocenters. The first-order chi connectivity index (χ1) is 7.13. The molecule has 0 saturated carbocycles. The van der Waals surface area contributed by atoms with E-state index in [0.29, 0.717) is 22.8 Å². The lowest BCUT2D eigenvalue weighted by molar-refractivity contribution is 0.168. The molecule has 1 aromatic rings. The van der Waals surface area contributed by atoms with E-state index >= 15 is 0 Å². The first-order valence-electron chi connectivity index (χ1n) is 4.47. The molecule has 0 radical (unpaired) electrons. The van der Waals surface area contributed by atoms with E-state index in [9.17, 15) is 4.79 Å². The lowest BCUT2D eigenvalue weighted by atomic mass is 10.2. The number of rotatable bonds is 3. The first kappa shape index (κ1) is 11.5. The normalized spacial score (nSPS) is 9.40. The van der Waals surface area contributed by atoms with E-state index in [2.05, 4.69) is 5.32 Å². The summed E-state index contributed by atoms with van der Waals surface area (Å²) in [6.07, 6.45) is -0.488. The molecule has 0 aliphatic rings. The zero-order valence-electron chi connectivity index (χ0n) is 8.32. The molecular weight excluding hydrogens is 212 g/mol. The topological polar surface area (TPSA) is 64.3 Å². The van der Waals surface area contributed by atoms with E-state index in [1.165, 1.54) is 0 Å². The van der Waals surface area contributed by atoms with Crippen LogP contribution < -0.4 is 11.1 Å². The Labute approximate surface area is 93.4 Å². The number of hydrogen-bond donors (Lipinski definition) is 2. The van der Waals surface area contributed by atoms with Gasteiger partial charge in [0.15, 0.2) is 0 Å². The van der Waals surface area contributed by atoms with Crippen LogP contribution in [0.4, 0.5) is 10.5 Å². The van der Waals surface area contributed by atoms with E-state index in [1.807, 2.05) is 0 Å². The average Bonchev–Trinajstić information content (AvgIpc) is 2.18. The Kier molecular flexibility index (Phi) is 4.05. The Balaban J connectivity index is 2.73. The molecule has 1 aromatic carbocycles. The number of hydrogen-bond acceptors (Lipinski definition) is 3. The molecule has 80 valence electrons. The SMILES string of the molecule is CCOC(=O)Nc1cccc(C(N)=S)c1. The van der Waals surface area contributed by atoms with E-state index in [4.69, 9.17) is 22.7 Å². The monoisotopic (exact) mass is 224 g/mol. The molecule has 0 aliphatic heterocycles. The van der Waals surface area contributed by atoms with Crippen molar-refractivity contribution in [3.63, 3.8) is 0 Å². The van der Waals surface area contributed by atoms with Crippen LogP contribution in [-0.2, 0) is 4.74 Å². The summed E-state index contributed by atoms with van der Waals surface area (Å²) in [5.41, 5.74) is 6.78. The smallest absolute Gasteiger partial charge is 0.411 e. The minimum Gasteiger partial charge on any atom is -0.450 e. The summed E-state index contributed by atoms with van der Waals surface area (Å²) in [5.74, 6) is 0. The predicted octanol–water partition coefficient (Wildman–Crippen LogP) is 1.89. The van der Waals surface area contributed by atoms with Crippen molar-refractivity contribution in [3.8, 4) is 0 Å². The van der Waals surface area contributed by atoms with Gasteiger partial charge in [-0.15, -0.1) is 0 Å². The van der Waals surface area contributed by atoms with E-state index in [1.54, 1.807) is 31.2 Å². The third-order valence-corrected chi connectivity index (χ3v) is 1.90. The van der Waals surface area contributed by atoms with Gasteiger partial charge in [0.25, 0.3) is 0 Å². The lowest BCUT2D eigenvalue weighted by Gasteiger charge is -2.06. The number of carbonyl (C=O) groups is 1. The third-order valence-electron chi connectivity index (χ3n) is 1.67. The van der Waals surface area contributed by atoms with Crippen LogP contribution in [0.15, 0.2) is 24.3 Å². The summed E-state index contributed by atoms with van der Waals surface area (Å²) in [7, 11) is 0. The van der Waals surface area contributed by atoms with Crippen molar-refractivity contribution in [2.75, 3.05) is 11.9 Å². The number of ether oxygens (including phenoxy) is 1. The van der Waals surface area contributed by atoms with Gasteiger partial charge in [-0.1, -0.05) is 24.4 Å². The Bertz CT molecular complexity index is 379. The number of nitrogens with two attached hydrogens (primary N) is 1. The summed E-state index contributed by atoms with van der Waals surface area (Å²) in [4.78, 5) is 11.4.